The molecule has 1 heterocycles. The van der Waals surface area contributed by atoms with E-state index in [0.717, 1.165) is 10.5 Å². The van der Waals surface area contributed by atoms with E-state index in [1.807, 2.05) is 6.92 Å². The third-order valence-electron chi connectivity index (χ3n) is 4.61. The molecule has 0 bridgehead atoms. The van der Waals surface area contributed by atoms with E-state index in [0.29, 0.717) is 0 Å². The van der Waals surface area contributed by atoms with E-state index < -0.39 is 26.4 Å². The van der Waals surface area contributed by atoms with Crippen molar-refractivity contribution < 1.29 is 18.8 Å². The van der Waals surface area contributed by atoms with Gasteiger partial charge in [0.15, 0.2) is 8.32 Å². The Hall–Kier alpha value is -1.40. The average Bonchev–Trinajstić information content (AvgIpc) is 2.82. The number of imide groups is 1. The van der Waals surface area contributed by atoms with Crippen LogP contribution in [0, 0.1) is 5.92 Å². The number of carbonyl (C=O) groups is 2. The number of nitrogens with zero attached hydrogens (tertiary/aromatic N) is 1. The van der Waals surface area contributed by atoms with Crippen molar-refractivity contribution in [3.63, 3.8) is 0 Å². The molecule has 0 aromatic rings. The van der Waals surface area contributed by atoms with Gasteiger partial charge in [-0.15, -0.1) is 6.58 Å². The van der Waals surface area contributed by atoms with Crippen LogP contribution in [-0.4, -0.2) is 44.5 Å². The van der Waals surface area contributed by atoms with Crippen molar-refractivity contribution in [3.05, 3.63) is 24.8 Å². The van der Waals surface area contributed by atoms with E-state index in [1.165, 1.54) is 0 Å². The highest BCUT2D eigenvalue weighted by Crippen LogP contribution is 2.39. The SMILES string of the molecule is C=C[C@@H](C(=O)N1CCOC1=O)[C@H](O[Si](C)(C)C(C)(C)C)C(=C)C. The van der Waals surface area contributed by atoms with Crippen LogP contribution < -0.4 is 0 Å². The molecule has 1 fully saturated rings. The molecule has 1 rings (SSSR count). The van der Waals surface area contributed by atoms with E-state index >= 15 is 0 Å². The normalized spacial score (nSPS) is 18.3. The average molecular weight is 340 g/mol. The highest BCUT2D eigenvalue weighted by atomic mass is 28.4. The largest absolute Gasteiger partial charge is 0.447 e. The van der Waals surface area contributed by atoms with E-state index in [2.05, 4.69) is 47.0 Å². The lowest BCUT2D eigenvalue weighted by Crippen LogP contribution is -2.49. The van der Waals surface area contributed by atoms with Gasteiger partial charge in [-0.25, -0.2) is 9.69 Å². The van der Waals surface area contributed by atoms with Crippen molar-refractivity contribution in [2.75, 3.05) is 13.2 Å². The van der Waals surface area contributed by atoms with Gasteiger partial charge in [-0.3, -0.25) is 4.79 Å². The van der Waals surface area contributed by atoms with Gasteiger partial charge in [0, 0.05) is 0 Å². The quantitative estimate of drug-likeness (QED) is 0.546. The molecule has 1 saturated heterocycles. The summed E-state index contributed by atoms with van der Waals surface area (Å²) in [5, 5.41) is 0.00203. The molecular weight excluding hydrogens is 310 g/mol. The summed E-state index contributed by atoms with van der Waals surface area (Å²) >= 11 is 0. The minimum absolute atomic E-state index is 0.00203. The molecule has 6 heteroatoms. The molecule has 0 spiro atoms. The van der Waals surface area contributed by atoms with Crippen LogP contribution in [0.3, 0.4) is 0 Å². The summed E-state index contributed by atoms with van der Waals surface area (Å²) in [5.74, 6) is -0.985. The van der Waals surface area contributed by atoms with E-state index in [9.17, 15) is 9.59 Å². The second kappa shape index (κ2) is 7.01. The third-order valence-corrected chi connectivity index (χ3v) is 9.06. The van der Waals surface area contributed by atoms with Gasteiger partial charge in [-0.05, 0) is 25.1 Å². The molecule has 0 radical (unpaired) electrons. The van der Waals surface area contributed by atoms with Crippen molar-refractivity contribution in [2.24, 2.45) is 5.92 Å². The topological polar surface area (TPSA) is 55.8 Å². The van der Waals surface area contributed by atoms with Crippen LogP contribution in [0.5, 0.6) is 0 Å². The molecule has 2 atom stereocenters. The third kappa shape index (κ3) is 4.32. The Morgan fingerprint density at radius 1 is 1.43 bits per heavy atom. The van der Waals surface area contributed by atoms with Gasteiger partial charge in [0.1, 0.15) is 6.61 Å². The summed E-state index contributed by atoms with van der Waals surface area (Å²) in [6.45, 7) is 20.7. The van der Waals surface area contributed by atoms with Crippen molar-refractivity contribution in [1.29, 1.82) is 0 Å². The minimum Gasteiger partial charge on any atom is -0.447 e. The summed E-state index contributed by atoms with van der Waals surface area (Å²) in [4.78, 5) is 25.5. The fourth-order valence-electron chi connectivity index (χ4n) is 2.10. The Morgan fingerprint density at radius 3 is 2.35 bits per heavy atom. The minimum atomic E-state index is -2.11. The Morgan fingerprint density at radius 2 is 2.00 bits per heavy atom. The summed E-state index contributed by atoms with van der Waals surface area (Å²) in [6, 6.07) is 0. The zero-order valence-electron chi connectivity index (χ0n) is 15.1. The second-order valence-corrected chi connectivity index (χ2v) is 12.3. The Labute approximate surface area is 140 Å². The number of cyclic esters (lactones) is 1. The van der Waals surface area contributed by atoms with E-state index in [-0.39, 0.29) is 24.1 Å². The number of hydrogen-bond acceptors (Lipinski definition) is 4. The first-order chi connectivity index (χ1) is 10.4. The van der Waals surface area contributed by atoms with Crippen molar-refractivity contribution in [1.82, 2.24) is 4.90 Å². The van der Waals surface area contributed by atoms with Crippen molar-refractivity contribution in [3.8, 4) is 0 Å². The lowest BCUT2D eigenvalue weighted by molar-refractivity contribution is -0.132. The van der Waals surface area contributed by atoms with Gasteiger partial charge in [0.05, 0.1) is 18.6 Å². The molecule has 2 amide bonds. The zero-order chi connectivity index (χ0) is 18.0. The van der Waals surface area contributed by atoms with Crippen LogP contribution in [0.25, 0.3) is 0 Å². The van der Waals surface area contributed by atoms with Crippen molar-refractivity contribution >= 4 is 20.3 Å². The second-order valence-electron chi connectivity index (χ2n) is 7.51. The first-order valence-corrected chi connectivity index (χ1v) is 10.8. The van der Waals surface area contributed by atoms with Gasteiger partial charge in [0.25, 0.3) is 0 Å². The van der Waals surface area contributed by atoms with Crippen LogP contribution >= 0.6 is 0 Å². The maximum absolute atomic E-state index is 12.7. The molecule has 0 unspecified atom stereocenters. The van der Waals surface area contributed by atoms with Gasteiger partial charge in [-0.2, -0.15) is 0 Å². The van der Waals surface area contributed by atoms with Crippen LogP contribution in [0.1, 0.15) is 27.7 Å². The number of amides is 2. The number of hydrogen-bond donors (Lipinski definition) is 0. The monoisotopic (exact) mass is 339 g/mol. The van der Waals surface area contributed by atoms with Crippen LogP contribution in [0.2, 0.25) is 18.1 Å². The van der Waals surface area contributed by atoms with E-state index in [1.54, 1.807) is 6.08 Å². The van der Waals surface area contributed by atoms with Gasteiger partial charge >= 0.3 is 6.09 Å². The highest BCUT2D eigenvalue weighted by molar-refractivity contribution is 6.74. The zero-order valence-corrected chi connectivity index (χ0v) is 16.1. The first kappa shape index (κ1) is 19.6. The first-order valence-electron chi connectivity index (χ1n) is 7.86. The van der Waals surface area contributed by atoms with Crippen LogP contribution in [-0.2, 0) is 14.0 Å². The van der Waals surface area contributed by atoms with Gasteiger partial charge in [-0.1, -0.05) is 39.0 Å². The highest BCUT2D eigenvalue weighted by Gasteiger charge is 2.43. The summed E-state index contributed by atoms with van der Waals surface area (Å²) in [7, 11) is -2.11. The lowest BCUT2D eigenvalue weighted by Gasteiger charge is -2.41. The smallest absolute Gasteiger partial charge is 0.416 e. The molecule has 1 aliphatic rings. The molecule has 130 valence electrons. The molecule has 0 aromatic carbocycles. The Balaban J connectivity index is 3.06. The molecule has 5 nitrogen and oxygen atoms in total. The maximum atomic E-state index is 12.7. The fraction of sp³-hybridized carbons (Fsp3) is 0.647. The summed E-state index contributed by atoms with van der Waals surface area (Å²) < 4.78 is 11.3. The van der Waals surface area contributed by atoms with E-state index in [4.69, 9.17) is 9.16 Å². The predicted molar refractivity (Wildman–Crippen MR) is 93.6 cm³/mol. The number of ether oxygens (including phenoxy) is 1. The molecule has 0 N–H and O–H groups in total. The standard InChI is InChI=1S/C17H29NO4Si/c1-9-13(15(19)18-10-11-21-16(18)20)14(12(2)3)22-23(7,8)17(4,5)6/h9,13-14H,1-2,10-11H2,3-8H3/t13-,14-/m1/s1. The molecule has 23 heavy (non-hydrogen) atoms. The lowest BCUT2D eigenvalue weighted by atomic mass is 9.96. The van der Waals surface area contributed by atoms with Crippen molar-refractivity contribution in [2.45, 2.75) is 51.9 Å². The van der Waals surface area contributed by atoms with Crippen LogP contribution in [0.4, 0.5) is 4.79 Å². The molecule has 0 aliphatic carbocycles. The molecule has 1 aliphatic heterocycles. The number of carbonyl (C=O) groups excluding carboxylic acids is 2. The van der Waals surface area contributed by atoms with Crippen LogP contribution in [0.15, 0.2) is 24.8 Å². The molecular formula is C17H29NO4Si. The Bertz CT molecular complexity index is 507. The Kier molecular flexibility index (Phi) is 5.98. The summed E-state index contributed by atoms with van der Waals surface area (Å²) in [6.07, 6.45) is 0.449. The van der Waals surface area contributed by atoms with Gasteiger partial charge in [0.2, 0.25) is 5.91 Å². The predicted octanol–water partition coefficient (Wildman–Crippen LogP) is 3.73. The van der Waals surface area contributed by atoms with Gasteiger partial charge < -0.3 is 9.16 Å². The molecule has 0 aromatic heterocycles. The summed E-state index contributed by atoms with van der Waals surface area (Å²) in [5.41, 5.74) is 0.751. The molecule has 0 saturated carbocycles. The number of rotatable bonds is 6. The fourth-order valence-corrected chi connectivity index (χ4v) is 3.44. The maximum Gasteiger partial charge on any atom is 0.416 e.